The summed E-state index contributed by atoms with van der Waals surface area (Å²) in [6.45, 7) is 18.9. The summed E-state index contributed by atoms with van der Waals surface area (Å²) < 4.78 is 14.1. The van der Waals surface area contributed by atoms with Crippen LogP contribution in [0.25, 0.3) is 11.3 Å². The maximum atomic E-state index is 13.5. The molecule has 2 N–H and O–H groups in total. The normalized spacial score (nSPS) is 39.9. The van der Waals surface area contributed by atoms with Gasteiger partial charge in [0.05, 0.1) is 28.8 Å². The number of esters is 1. The molecular weight excluding hydrogens is 750 g/mol. The van der Waals surface area contributed by atoms with Crippen LogP contribution >= 0.6 is 27.7 Å². The molecule has 53 heavy (non-hydrogen) atoms. The smallest absolute Gasteiger partial charge is 0.316 e. The number of nitrogens with zero attached hydrogens (tertiary/aromatic N) is 2. The largest absolute Gasteiger partial charge is 0.461 e. The van der Waals surface area contributed by atoms with E-state index in [2.05, 4.69) is 81.3 Å². The third kappa shape index (κ3) is 6.36. The van der Waals surface area contributed by atoms with Gasteiger partial charge < -0.3 is 19.6 Å². The van der Waals surface area contributed by atoms with Crippen LogP contribution in [0.4, 0.5) is 0 Å². The van der Waals surface area contributed by atoms with Crippen molar-refractivity contribution in [1.82, 2.24) is 9.97 Å². The van der Waals surface area contributed by atoms with Crippen LogP contribution in [0.15, 0.2) is 38.7 Å². The van der Waals surface area contributed by atoms with Crippen LogP contribution in [-0.2, 0) is 14.3 Å². The molecule has 288 valence electrons. The van der Waals surface area contributed by atoms with E-state index in [0.717, 1.165) is 74.0 Å². The Bertz CT molecular complexity index is 1860. The van der Waals surface area contributed by atoms with Gasteiger partial charge in [0, 0.05) is 15.5 Å². The van der Waals surface area contributed by atoms with E-state index in [9.17, 15) is 20.0 Å². The number of rotatable bonds is 6. The number of fused-ring (bicyclic) bond motifs is 5. The van der Waals surface area contributed by atoms with E-state index in [0.29, 0.717) is 29.0 Å². The van der Waals surface area contributed by atoms with E-state index >= 15 is 0 Å². The van der Waals surface area contributed by atoms with E-state index in [1.807, 2.05) is 18.2 Å². The summed E-state index contributed by atoms with van der Waals surface area (Å²) >= 11 is 4.54. The number of nitrogens with one attached hydrogen (secondary N) is 1. The minimum Gasteiger partial charge on any atom is -0.461 e. The molecule has 5 aliphatic rings. The van der Waals surface area contributed by atoms with Crippen molar-refractivity contribution in [2.75, 3.05) is 5.75 Å². The monoisotopic (exact) mass is 807 g/mol. The zero-order valence-corrected chi connectivity index (χ0v) is 35.2. The molecule has 4 saturated carbocycles. The van der Waals surface area contributed by atoms with Gasteiger partial charge in [0.25, 0.3) is 5.56 Å². The number of hydrogen-bond donors (Lipinski definition) is 2. The van der Waals surface area contributed by atoms with Gasteiger partial charge in [-0.05, 0) is 137 Å². The van der Waals surface area contributed by atoms with Crippen LogP contribution in [0.3, 0.4) is 0 Å². The lowest BCUT2D eigenvalue weighted by Gasteiger charge is -2.70. The SMILES string of the molecule is CC1(C)CCC[C@](C)([C@@H]2CC[C@]3(C)[C@@H]2[C@H](O)CC2[C@@]4(C)CC[C@H](OC(=O)CSc5nc(-c6ccc(Br)cc6)c(C#N)c(=O)[nH]5)C(C)(C)[C@@H]4CC[C@]23C)O1. The van der Waals surface area contributed by atoms with E-state index in [1.54, 1.807) is 12.1 Å². The number of ether oxygens (including phenoxy) is 2. The second-order valence-corrected chi connectivity index (χ2v) is 21.2. The topological polar surface area (TPSA) is 125 Å². The van der Waals surface area contributed by atoms with Gasteiger partial charge in [0.15, 0.2) is 5.16 Å². The number of benzene rings is 1. The number of aliphatic hydroxyl groups is 1. The lowest BCUT2D eigenvalue weighted by molar-refractivity contribution is -0.258. The average molecular weight is 809 g/mol. The van der Waals surface area contributed by atoms with Crippen LogP contribution in [-0.4, -0.2) is 50.2 Å². The van der Waals surface area contributed by atoms with Crippen LogP contribution in [0.1, 0.15) is 125 Å². The molecule has 2 aromatic rings. The van der Waals surface area contributed by atoms with Gasteiger partial charge in [0.2, 0.25) is 0 Å². The molecule has 10 atom stereocenters. The Kier molecular flexibility index (Phi) is 9.94. The van der Waals surface area contributed by atoms with Crippen LogP contribution < -0.4 is 5.56 Å². The van der Waals surface area contributed by atoms with E-state index in [4.69, 9.17) is 9.47 Å². The molecule has 1 saturated heterocycles. The molecule has 0 bridgehead atoms. The van der Waals surface area contributed by atoms with Crippen molar-refractivity contribution in [1.29, 1.82) is 5.26 Å². The van der Waals surface area contributed by atoms with E-state index < -0.39 is 5.56 Å². The number of aromatic amines is 1. The summed E-state index contributed by atoms with van der Waals surface area (Å²) in [5.41, 5.74) is -0.0794. The molecule has 4 aliphatic carbocycles. The summed E-state index contributed by atoms with van der Waals surface area (Å²) in [5.74, 6) is 0.984. The molecule has 2 heterocycles. The van der Waals surface area contributed by atoms with Gasteiger partial charge in [-0.3, -0.25) is 9.59 Å². The second kappa shape index (κ2) is 13.5. The fourth-order valence-electron chi connectivity index (χ4n) is 13.2. The number of H-pyrrole nitrogens is 1. The Hall–Kier alpha value is -2.19. The molecule has 7 rings (SSSR count). The molecular formula is C43H58BrN3O5S. The first kappa shape index (κ1) is 39.1. The van der Waals surface area contributed by atoms with Gasteiger partial charge in [-0.15, -0.1) is 0 Å². The highest BCUT2D eigenvalue weighted by molar-refractivity contribution is 9.10. The van der Waals surface area contributed by atoms with Crippen molar-refractivity contribution in [2.45, 2.75) is 148 Å². The minimum atomic E-state index is -0.533. The molecule has 0 spiro atoms. The molecule has 8 nitrogen and oxygen atoms in total. The number of halogens is 1. The quantitative estimate of drug-likeness (QED) is 0.168. The maximum absolute atomic E-state index is 13.5. The molecule has 1 aromatic carbocycles. The first-order valence-electron chi connectivity index (χ1n) is 19.8. The fraction of sp³-hybridized carbons (Fsp3) is 0.721. The Balaban J connectivity index is 1.06. The number of carbonyl (C=O) groups is 1. The minimum absolute atomic E-state index is 0.00323. The van der Waals surface area contributed by atoms with Gasteiger partial charge in [0.1, 0.15) is 17.7 Å². The van der Waals surface area contributed by atoms with Crippen molar-refractivity contribution in [2.24, 2.45) is 45.3 Å². The van der Waals surface area contributed by atoms with Crippen LogP contribution in [0.5, 0.6) is 0 Å². The highest BCUT2D eigenvalue weighted by Gasteiger charge is 2.72. The Morgan fingerprint density at radius 2 is 1.70 bits per heavy atom. The van der Waals surface area contributed by atoms with E-state index in [-0.39, 0.29) is 73.4 Å². The van der Waals surface area contributed by atoms with Gasteiger partial charge in [-0.25, -0.2) is 4.98 Å². The maximum Gasteiger partial charge on any atom is 0.316 e. The molecule has 0 radical (unpaired) electrons. The number of aromatic nitrogens is 2. The fourth-order valence-corrected chi connectivity index (χ4v) is 14.2. The summed E-state index contributed by atoms with van der Waals surface area (Å²) in [6, 6.07) is 9.24. The number of nitriles is 1. The summed E-state index contributed by atoms with van der Waals surface area (Å²) in [4.78, 5) is 33.5. The standard InChI is InChI=1S/C43H58BrN3O5S/c1-38(2)17-9-18-43(8,52-38)28-14-20-42(7)34(28)29(48)22-31-40(5)19-16-32(39(3,4)30(40)15-21-41(31,42)6)51-33(49)24-53-37-46-35(27(23-45)36(50)47-37)25-10-12-26(44)13-11-25/h10-13,28-32,34,48H,9,14-22,24H2,1-8H3,(H,46,47,50)/t28-,29-,30+,31?,32+,34+,40+,41-,42-,43-/m1/s1. The molecule has 1 unspecified atom stereocenters. The molecule has 0 amide bonds. The Labute approximate surface area is 328 Å². The predicted octanol–water partition coefficient (Wildman–Crippen LogP) is 9.47. The second-order valence-electron chi connectivity index (χ2n) is 19.3. The third-order valence-electron chi connectivity index (χ3n) is 15.8. The highest BCUT2D eigenvalue weighted by atomic mass is 79.9. The number of hydrogen-bond acceptors (Lipinski definition) is 8. The van der Waals surface area contributed by atoms with Crippen molar-refractivity contribution >= 4 is 33.7 Å². The Morgan fingerprint density at radius 1 is 1.00 bits per heavy atom. The Morgan fingerprint density at radius 3 is 2.38 bits per heavy atom. The summed E-state index contributed by atoms with van der Waals surface area (Å²) in [5, 5.41) is 22.2. The van der Waals surface area contributed by atoms with Crippen LogP contribution in [0.2, 0.25) is 0 Å². The van der Waals surface area contributed by atoms with Crippen molar-refractivity contribution in [3.63, 3.8) is 0 Å². The first-order chi connectivity index (χ1) is 24.8. The molecule has 5 fully saturated rings. The molecule has 10 heteroatoms. The molecule has 1 aliphatic heterocycles. The predicted molar refractivity (Wildman–Crippen MR) is 211 cm³/mol. The summed E-state index contributed by atoms with van der Waals surface area (Å²) in [6.07, 6.45) is 9.77. The van der Waals surface area contributed by atoms with Gasteiger partial charge in [-0.1, -0.05) is 74.4 Å². The van der Waals surface area contributed by atoms with Crippen molar-refractivity contribution < 1.29 is 19.4 Å². The first-order valence-corrected chi connectivity index (χ1v) is 21.6. The summed E-state index contributed by atoms with van der Waals surface area (Å²) in [7, 11) is 0. The average Bonchev–Trinajstić information content (AvgIpc) is 3.46. The lowest BCUT2D eigenvalue weighted by atomic mass is 9.35. The zero-order valence-electron chi connectivity index (χ0n) is 32.8. The van der Waals surface area contributed by atoms with Gasteiger partial charge >= 0.3 is 5.97 Å². The highest BCUT2D eigenvalue weighted by Crippen LogP contribution is 2.76. The third-order valence-corrected chi connectivity index (χ3v) is 17.2. The van der Waals surface area contributed by atoms with E-state index in [1.165, 1.54) is 6.42 Å². The lowest BCUT2D eigenvalue weighted by Crippen LogP contribution is -2.67. The van der Waals surface area contributed by atoms with Gasteiger partial charge in [-0.2, -0.15) is 5.26 Å². The van der Waals surface area contributed by atoms with Crippen LogP contribution in [0, 0.1) is 56.7 Å². The number of carbonyl (C=O) groups excluding carboxylic acids is 1. The number of aliphatic hydroxyl groups excluding tert-OH is 1. The molecule has 1 aromatic heterocycles. The van der Waals surface area contributed by atoms with Crippen molar-refractivity contribution in [3.05, 3.63) is 44.7 Å². The van der Waals surface area contributed by atoms with Crippen molar-refractivity contribution in [3.8, 4) is 17.3 Å². The number of thioether (sulfide) groups is 1. The zero-order chi connectivity index (χ0) is 38.4.